The van der Waals surface area contributed by atoms with Crippen molar-refractivity contribution < 1.29 is 28.4 Å². The number of hydrogen-bond acceptors (Lipinski definition) is 8. The van der Waals surface area contributed by atoms with Gasteiger partial charge in [-0.25, -0.2) is 0 Å². The smallest absolute Gasteiger partial charge is 0.293 e. The monoisotopic (exact) mass is 562 g/mol. The molecule has 2 amide bonds. The Hall–Kier alpha value is -3.28. The van der Waals surface area contributed by atoms with Gasteiger partial charge in [-0.05, 0) is 57.5 Å². The molecule has 5 rings (SSSR count). The molecule has 34 heavy (non-hydrogen) atoms. The highest BCUT2D eigenvalue weighted by molar-refractivity contribution is 9.10. The normalized spacial score (nSPS) is 16.1. The van der Waals surface area contributed by atoms with Gasteiger partial charge in [-0.15, -0.1) is 0 Å². The fourth-order valence-electron chi connectivity index (χ4n) is 3.41. The number of imide groups is 1. The molecule has 0 aliphatic carbocycles. The molecule has 0 spiro atoms. The Labute approximate surface area is 209 Å². The molecule has 9 nitrogen and oxygen atoms in total. The summed E-state index contributed by atoms with van der Waals surface area (Å²) >= 11 is 10.4. The molecule has 0 saturated carbocycles. The minimum absolute atomic E-state index is 0.0172. The van der Waals surface area contributed by atoms with Crippen molar-refractivity contribution in [3.8, 4) is 22.8 Å². The maximum Gasteiger partial charge on any atom is 0.293 e. The number of nitro benzene ring substituents is 1. The summed E-state index contributed by atoms with van der Waals surface area (Å²) in [6.45, 7) is 0.0671. The molecule has 0 bridgehead atoms. The summed E-state index contributed by atoms with van der Waals surface area (Å²) in [4.78, 5) is 37.2. The van der Waals surface area contributed by atoms with Gasteiger partial charge in [0.2, 0.25) is 6.79 Å². The lowest BCUT2D eigenvalue weighted by molar-refractivity contribution is -0.384. The highest BCUT2D eigenvalue weighted by Crippen LogP contribution is 2.40. The number of rotatable bonds is 5. The molecule has 172 valence electrons. The number of halogens is 2. The number of nitrogens with zero attached hydrogens (tertiary/aromatic N) is 2. The van der Waals surface area contributed by atoms with Crippen LogP contribution in [-0.4, -0.2) is 27.8 Å². The van der Waals surface area contributed by atoms with Gasteiger partial charge < -0.3 is 13.9 Å². The third kappa shape index (κ3) is 4.17. The first kappa shape index (κ1) is 22.5. The molecule has 3 aromatic rings. The summed E-state index contributed by atoms with van der Waals surface area (Å²) in [6, 6.07) is 10.9. The van der Waals surface area contributed by atoms with Crippen LogP contribution in [0.3, 0.4) is 0 Å². The SMILES string of the molecule is O=C1SC(=Cc2ccc(-c3ccc([N+](=O)[O-])cc3Br)o2)C(=O)N1Cc1cc2c(cc1Cl)OCO2. The summed E-state index contributed by atoms with van der Waals surface area (Å²) in [7, 11) is 0. The summed E-state index contributed by atoms with van der Waals surface area (Å²) in [5.41, 5.74) is 1.10. The van der Waals surface area contributed by atoms with Crippen molar-refractivity contribution in [1.29, 1.82) is 0 Å². The number of carbonyl (C=O) groups is 2. The van der Waals surface area contributed by atoms with Gasteiger partial charge in [0.15, 0.2) is 11.5 Å². The fourth-order valence-corrected chi connectivity index (χ4v) is 5.00. The molecule has 2 aliphatic heterocycles. The van der Waals surface area contributed by atoms with Crippen LogP contribution >= 0.6 is 39.3 Å². The number of hydrogen-bond donors (Lipinski definition) is 0. The Morgan fingerprint density at radius 3 is 2.65 bits per heavy atom. The average Bonchev–Trinajstić information content (AvgIpc) is 3.50. The molecule has 12 heteroatoms. The Morgan fingerprint density at radius 2 is 1.91 bits per heavy atom. The Morgan fingerprint density at radius 1 is 1.15 bits per heavy atom. The predicted molar refractivity (Wildman–Crippen MR) is 128 cm³/mol. The van der Waals surface area contributed by atoms with Gasteiger partial charge in [0, 0.05) is 39.3 Å². The molecule has 2 aliphatic rings. The second-order valence-electron chi connectivity index (χ2n) is 7.19. The van der Waals surface area contributed by atoms with Gasteiger partial charge in [0.25, 0.3) is 16.8 Å². The zero-order chi connectivity index (χ0) is 24.0. The summed E-state index contributed by atoms with van der Waals surface area (Å²) in [5.74, 6) is 1.34. The molecule has 2 aromatic carbocycles. The summed E-state index contributed by atoms with van der Waals surface area (Å²) in [6.07, 6.45) is 1.48. The van der Waals surface area contributed by atoms with E-state index >= 15 is 0 Å². The maximum atomic E-state index is 12.9. The van der Waals surface area contributed by atoms with Gasteiger partial charge in [-0.3, -0.25) is 24.6 Å². The number of thioether (sulfide) groups is 1. The van der Waals surface area contributed by atoms with Gasteiger partial charge in [-0.1, -0.05) is 11.6 Å². The van der Waals surface area contributed by atoms with Crippen LogP contribution in [-0.2, 0) is 11.3 Å². The number of nitro groups is 1. The number of furan rings is 1. The average molecular weight is 564 g/mol. The molecule has 1 aromatic heterocycles. The zero-order valence-corrected chi connectivity index (χ0v) is 20.1. The van der Waals surface area contributed by atoms with Crippen molar-refractivity contribution in [2.45, 2.75) is 6.54 Å². The van der Waals surface area contributed by atoms with E-state index in [0.717, 1.165) is 16.7 Å². The number of benzene rings is 2. The van der Waals surface area contributed by atoms with Crippen molar-refractivity contribution in [3.63, 3.8) is 0 Å². The summed E-state index contributed by atoms with van der Waals surface area (Å²) < 4.78 is 16.9. The van der Waals surface area contributed by atoms with Crippen LogP contribution < -0.4 is 9.47 Å². The van der Waals surface area contributed by atoms with Crippen LogP contribution in [0.5, 0.6) is 11.5 Å². The van der Waals surface area contributed by atoms with Crippen LogP contribution in [0.1, 0.15) is 11.3 Å². The first-order valence-electron chi connectivity index (χ1n) is 9.67. The zero-order valence-electron chi connectivity index (χ0n) is 16.9. The fraction of sp³-hybridized carbons (Fsp3) is 0.0909. The molecule has 1 saturated heterocycles. The van der Waals surface area contributed by atoms with E-state index in [1.165, 1.54) is 18.2 Å². The molecule has 1 fully saturated rings. The number of amides is 2. The van der Waals surface area contributed by atoms with Crippen LogP contribution in [0.15, 0.2) is 56.3 Å². The third-order valence-electron chi connectivity index (χ3n) is 5.07. The van der Waals surface area contributed by atoms with E-state index in [1.807, 2.05) is 0 Å². The van der Waals surface area contributed by atoms with Gasteiger partial charge in [0.05, 0.1) is 16.4 Å². The quantitative estimate of drug-likeness (QED) is 0.204. The Bertz CT molecular complexity index is 1400. The van der Waals surface area contributed by atoms with E-state index < -0.39 is 16.1 Å². The largest absolute Gasteiger partial charge is 0.457 e. The Balaban J connectivity index is 1.36. The van der Waals surface area contributed by atoms with E-state index in [1.54, 1.807) is 30.3 Å². The van der Waals surface area contributed by atoms with Crippen LogP contribution in [0.4, 0.5) is 10.5 Å². The molecule has 0 radical (unpaired) electrons. The molecular weight excluding hydrogens is 552 g/mol. The van der Waals surface area contributed by atoms with E-state index in [2.05, 4.69) is 15.9 Å². The Kier molecular flexibility index (Phi) is 5.84. The highest BCUT2D eigenvalue weighted by Gasteiger charge is 2.36. The first-order valence-corrected chi connectivity index (χ1v) is 11.7. The van der Waals surface area contributed by atoms with Gasteiger partial charge in [-0.2, -0.15) is 0 Å². The van der Waals surface area contributed by atoms with Crippen molar-refractivity contribution in [3.05, 3.63) is 78.3 Å². The first-order chi connectivity index (χ1) is 16.3. The lowest BCUT2D eigenvalue weighted by Gasteiger charge is -2.14. The number of carbonyl (C=O) groups excluding carboxylic acids is 2. The van der Waals surface area contributed by atoms with E-state index in [9.17, 15) is 19.7 Å². The maximum absolute atomic E-state index is 12.9. The lowest BCUT2D eigenvalue weighted by Crippen LogP contribution is -2.27. The minimum Gasteiger partial charge on any atom is -0.457 e. The number of fused-ring (bicyclic) bond motifs is 1. The van der Waals surface area contributed by atoms with Crippen molar-refractivity contribution in [2.75, 3.05) is 6.79 Å². The minimum atomic E-state index is -0.491. The second-order valence-corrected chi connectivity index (χ2v) is 9.44. The molecular formula is C22H12BrClN2O7S. The molecule has 0 atom stereocenters. The standard InChI is InChI=1S/C22H12BrClN2O7S/c23-15-6-12(26(29)30)1-3-14(15)17-4-2-13(33-17)7-20-21(27)25(22(28)34-20)9-11-5-18-19(8-16(11)24)32-10-31-18/h1-8H,9-10H2. The van der Waals surface area contributed by atoms with E-state index in [0.29, 0.717) is 43.6 Å². The molecule has 0 unspecified atom stereocenters. The van der Waals surface area contributed by atoms with E-state index in [-0.39, 0.29) is 23.9 Å². The second kappa shape index (κ2) is 8.82. The molecule has 0 N–H and O–H groups in total. The van der Waals surface area contributed by atoms with Gasteiger partial charge in [0.1, 0.15) is 11.5 Å². The summed E-state index contributed by atoms with van der Waals surface area (Å²) in [5, 5.41) is 10.9. The van der Waals surface area contributed by atoms with Crippen molar-refractivity contribution >= 4 is 62.2 Å². The van der Waals surface area contributed by atoms with Crippen molar-refractivity contribution in [1.82, 2.24) is 4.90 Å². The lowest BCUT2D eigenvalue weighted by atomic mass is 10.1. The molecule has 3 heterocycles. The third-order valence-corrected chi connectivity index (χ3v) is 6.99. The van der Waals surface area contributed by atoms with Crippen LogP contribution in [0.25, 0.3) is 17.4 Å². The topological polar surface area (TPSA) is 112 Å². The van der Waals surface area contributed by atoms with Crippen LogP contribution in [0, 0.1) is 10.1 Å². The highest BCUT2D eigenvalue weighted by atomic mass is 79.9. The van der Waals surface area contributed by atoms with Gasteiger partial charge >= 0.3 is 0 Å². The van der Waals surface area contributed by atoms with E-state index in [4.69, 9.17) is 25.5 Å². The van der Waals surface area contributed by atoms with Crippen molar-refractivity contribution in [2.24, 2.45) is 0 Å². The number of ether oxygens (including phenoxy) is 2. The number of non-ortho nitro benzene ring substituents is 1. The van der Waals surface area contributed by atoms with Crippen LogP contribution in [0.2, 0.25) is 5.02 Å². The predicted octanol–water partition coefficient (Wildman–Crippen LogP) is 6.24.